The fourth-order valence-electron chi connectivity index (χ4n) is 0.382. The van der Waals surface area contributed by atoms with E-state index in [4.69, 9.17) is 4.78 Å². The lowest BCUT2D eigenvalue weighted by atomic mass is 10.3. The fraction of sp³-hybridized carbons (Fsp3) is 0.917. The van der Waals surface area contributed by atoms with Gasteiger partial charge in [-0.1, -0.05) is 0 Å². The Balaban J connectivity index is 0. The molecule has 0 bridgehead atoms. The van der Waals surface area contributed by atoms with Crippen molar-refractivity contribution in [1.29, 1.82) is 4.78 Å². The summed E-state index contributed by atoms with van der Waals surface area (Å²) < 4.78 is 32.4. The van der Waals surface area contributed by atoms with Gasteiger partial charge in [0.15, 0.2) is 0 Å². The van der Waals surface area contributed by atoms with Crippen molar-refractivity contribution in [1.82, 2.24) is 0 Å². The molecular weight excluding hydrogens is 284 g/mol. The van der Waals surface area contributed by atoms with Crippen LogP contribution in [0.1, 0.15) is 48.5 Å². The van der Waals surface area contributed by atoms with E-state index in [1.54, 1.807) is 0 Å². The normalized spacial score (nSPS) is 18.4. The van der Waals surface area contributed by atoms with E-state index in [-0.39, 0.29) is 10.7 Å². The molecule has 0 aliphatic heterocycles. The lowest BCUT2D eigenvalue weighted by molar-refractivity contribution is -0.115. The van der Waals surface area contributed by atoms with Gasteiger partial charge in [-0.25, -0.2) is 8.42 Å². The van der Waals surface area contributed by atoms with Crippen LogP contribution in [-0.2, 0) is 24.3 Å². The van der Waals surface area contributed by atoms with Crippen molar-refractivity contribution in [2.24, 2.45) is 4.36 Å². The van der Waals surface area contributed by atoms with Gasteiger partial charge in [0.2, 0.25) is 0 Å². The number of hydrogen-bond donors (Lipinski definition) is 1. The van der Waals surface area contributed by atoms with Gasteiger partial charge in [0, 0.05) is 38.7 Å². The lowest BCUT2D eigenvalue weighted by Gasteiger charge is -2.19. The number of nitrogens with one attached hydrogen (secondary N) is 1. The molecule has 0 fully saturated rings. The first-order valence-electron chi connectivity index (χ1n) is 5.87. The highest BCUT2D eigenvalue weighted by Crippen LogP contribution is 2.16. The summed E-state index contributed by atoms with van der Waals surface area (Å²) in [5.41, 5.74) is 0. The molecular formula is C12H28N2O3S2. The largest absolute Gasteiger partial charge is 0.272 e. The Bertz CT molecular complexity index is 526. The Labute approximate surface area is 118 Å². The highest BCUT2D eigenvalue weighted by Gasteiger charge is 2.22. The molecule has 0 aromatic rings. The van der Waals surface area contributed by atoms with Crippen molar-refractivity contribution in [3.05, 3.63) is 0 Å². The first-order chi connectivity index (χ1) is 7.92. The molecule has 0 rings (SSSR count). The fourth-order valence-corrected chi connectivity index (χ4v) is 1.15. The quantitative estimate of drug-likeness (QED) is 0.746. The van der Waals surface area contributed by atoms with Crippen molar-refractivity contribution >= 4 is 25.4 Å². The van der Waals surface area contributed by atoms with Crippen LogP contribution in [0.25, 0.3) is 0 Å². The van der Waals surface area contributed by atoms with E-state index >= 15 is 0 Å². The number of amides is 1. The number of rotatable bonds is 0. The van der Waals surface area contributed by atoms with Crippen molar-refractivity contribution in [2.45, 2.75) is 58.0 Å². The Morgan fingerprint density at radius 3 is 1.26 bits per heavy atom. The van der Waals surface area contributed by atoms with Gasteiger partial charge in [0.25, 0.3) is 5.91 Å². The molecule has 0 saturated carbocycles. The summed E-state index contributed by atoms with van der Waals surface area (Å²) in [6, 6.07) is 0. The second-order valence-electron chi connectivity index (χ2n) is 6.48. The van der Waals surface area contributed by atoms with E-state index in [1.165, 1.54) is 19.4 Å². The lowest BCUT2D eigenvalue weighted by Crippen LogP contribution is -2.26. The maximum Gasteiger partial charge on any atom is 0.250 e. The van der Waals surface area contributed by atoms with Gasteiger partial charge >= 0.3 is 0 Å². The van der Waals surface area contributed by atoms with E-state index in [0.717, 1.165) is 0 Å². The first kappa shape index (κ1) is 20.9. The summed E-state index contributed by atoms with van der Waals surface area (Å²) in [6.07, 6.45) is 2.97. The first-order valence-corrected chi connectivity index (χ1v) is 9.76. The van der Waals surface area contributed by atoms with Crippen LogP contribution in [0.2, 0.25) is 0 Å². The molecule has 2 atom stereocenters. The number of hydrogen-bond acceptors (Lipinski definition) is 4. The summed E-state index contributed by atoms with van der Waals surface area (Å²) in [6.45, 7) is 12.2. The summed E-state index contributed by atoms with van der Waals surface area (Å²) in [5, 5.41) is 0. The van der Waals surface area contributed by atoms with E-state index in [2.05, 4.69) is 4.36 Å². The number of carbonyl (C=O) groups is 1. The van der Waals surface area contributed by atoms with Crippen molar-refractivity contribution < 1.29 is 13.2 Å². The Kier molecular flexibility index (Phi) is 6.97. The zero-order valence-corrected chi connectivity index (χ0v) is 15.1. The summed E-state index contributed by atoms with van der Waals surface area (Å²) >= 11 is 0. The molecule has 0 spiro atoms. The van der Waals surface area contributed by atoms with E-state index in [1.807, 2.05) is 41.5 Å². The van der Waals surface area contributed by atoms with Crippen LogP contribution in [0.3, 0.4) is 0 Å². The van der Waals surface area contributed by atoms with E-state index in [0.29, 0.717) is 0 Å². The maximum atomic E-state index is 11.6. The number of carbonyl (C=O) groups excluding carboxylic acids is 1. The van der Waals surface area contributed by atoms with Crippen LogP contribution in [0.4, 0.5) is 0 Å². The second-order valence-corrected chi connectivity index (χ2v) is 12.4. The van der Waals surface area contributed by atoms with Gasteiger partial charge in [-0.2, -0.15) is 4.36 Å². The summed E-state index contributed by atoms with van der Waals surface area (Å²) in [7, 11) is -4.71. The minimum absolute atomic E-state index is 0.368. The van der Waals surface area contributed by atoms with E-state index in [9.17, 15) is 13.2 Å². The van der Waals surface area contributed by atoms with Crippen LogP contribution in [0.15, 0.2) is 4.36 Å². The molecule has 5 nitrogen and oxygen atoms in total. The Hall–Kier alpha value is -0.430. The predicted octanol–water partition coefficient (Wildman–Crippen LogP) is 2.89. The Morgan fingerprint density at radius 1 is 0.947 bits per heavy atom. The standard InChI is InChI=1S/C7H15NO2S.C5H13NOS/c1-6(9)8-11(5,10)7(2,3)4;1-5(2,3)8(4,6)7/h1-5H3;6H,1-4H3. The molecule has 19 heavy (non-hydrogen) atoms. The smallest absolute Gasteiger partial charge is 0.250 e. The third-order valence-corrected chi connectivity index (χ3v) is 7.82. The maximum absolute atomic E-state index is 11.6. The molecule has 0 aromatic carbocycles. The summed E-state index contributed by atoms with van der Waals surface area (Å²) in [5.74, 6) is -0.368. The third kappa shape index (κ3) is 8.36. The highest BCUT2D eigenvalue weighted by atomic mass is 32.2. The summed E-state index contributed by atoms with van der Waals surface area (Å²) in [4.78, 5) is 10.6. The monoisotopic (exact) mass is 312 g/mol. The van der Waals surface area contributed by atoms with Gasteiger partial charge in [-0.05, 0) is 41.5 Å². The average molecular weight is 313 g/mol. The van der Waals surface area contributed by atoms with Gasteiger partial charge in [-0.3, -0.25) is 9.57 Å². The molecule has 0 aromatic heterocycles. The van der Waals surface area contributed by atoms with E-state index < -0.39 is 24.2 Å². The molecule has 116 valence electrons. The Morgan fingerprint density at radius 2 is 1.21 bits per heavy atom. The van der Waals surface area contributed by atoms with Crippen LogP contribution in [-0.4, -0.2) is 36.3 Å². The van der Waals surface area contributed by atoms with Gasteiger partial charge in [-0.15, -0.1) is 0 Å². The molecule has 7 heteroatoms. The van der Waals surface area contributed by atoms with Crippen LogP contribution in [0.5, 0.6) is 0 Å². The van der Waals surface area contributed by atoms with Crippen molar-refractivity contribution in [2.75, 3.05) is 12.5 Å². The molecule has 0 aliphatic rings. The van der Waals surface area contributed by atoms with Gasteiger partial charge in [0.1, 0.15) is 0 Å². The topological polar surface area (TPSA) is 87.4 Å². The molecule has 0 saturated heterocycles. The minimum Gasteiger partial charge on any atom is -0.272 e. The molecule has 0 heterocycles. The van der Waals surface area contributed by atoms with Gasteiger partial charge < -0.3 is 0 Å². The van der Waals surface area contributed by atoms with Crippen LogP contribution >= 0.6 is 0 Å². The molecule has 0 aliphatic carbocycles. The third-order valence-electron chi connectivity index (χ3n) is 2.61. The minimum atomic E-state index is -2.37. The predicted molar refractivity (Wildman–Crippen MR) is 83.5 cm³/mol. The zero-order valence-electron chi connectivity index (χ0n) is 13.5. The molecule has 1 amide bonds. The average Bonchev–Trinajstić information content (AvgIpc) is 1.94. The molecule has 1 N–H and O–H groups in total. The number of nitrogens with zero attached hydrogens (tertiary/aromatic N) is 1. The second kappa shape index (κ2) is 6.35. The van der Waals surface area contributed by atoms with Crippen molar-refractivity contribution in [3.63, 3.8) is 0 Å². The van der Waals surface area contributed by atoms with Gasteiger partial charge in [0.05, 0.1) is 9.73 Å². The SMILES string of the molecule is CC(=O)N=S(C)(=O)C(C)(C)C.CC(C)(C)S(C)(=N)=O. The van der Waals surface area contributed by atoms with Crippen molar-refractivity contribution in [3.8, 4) is 0 Å². The molecule has 2 unspecified atom stereocenters. The molecule has 0 radical (unpaired) electrons. The zero-order chi connectivity index (χ0) is 16.3. The van der Waals surface area contributed by atoms with Crippen LogP contribution in [0, 0.1) is 4.78 Å². The highest BCUT2D eigenvalue weighted by molar-refractivity contribution is 7.94. The van der Waals surface area contributed by atoms with Crippen LogP contribution < -0.4 is 0 Å².